The molecule has 0 amide bonds. The molecule has 0 saturated carbocycles. The number of halogens is 1. The van der Waals surface area contributed by atoms with Gasteiger partial charge in [0.25, 0.3) is 0 Å². The molecule has 2 rings (SSSR count). The van der Waals surface area contributed by atoms with E-state index in [1.807, 2.05) is 29.3 Å². The average Bonchev–Trinajstić information content (AvgIpc) is 2.68. The highest BCUT2D eigenvalue weighted by atomic mass is 79.9. The third-order valence-corrected chi connectivity index (χ3v) is 5.36. The predicted octanol–water partition coefficient (Wildman–Crippen LogP) is 5.25. The van der Waals surface area contributed by atoms with Gasteiger partial charge < -0.3 is 9.74 Å². The summed E-state index contributed by atoms with van der Waals surface area (Å²) in [4.78, 5) is 18.1. The standard InChI is InChI=1S/C14H16BrNO2.C6H15N.CH4/c1-18-16-8-6-13(7-9-16)14(15)12-4-2-11(10-17)3-5-12;1-4-6-7(3)5-2;/h2-5,10H,6-9H2,1H3;4-6H2,1-3H3;1H4. The van der Waals surface area contributed by atoms with Crippen molar-refractivity contribution in [1.82, 2.24) is 9.96 Å². The maximum Gasteiger partial charge on any atom is 0.150 e. The quantitative estimate of drug-likeness (QED) is 0.581. The fourth-order valence-electron chi connectivity index (χ4n) is 2.61. The second-order valence-electron chi connectivity index (χ2n) is 6.16. The number of nitrogens with zero attached hydrogens (tertiary/aromatic N) is 2. The number of piperidine rings is 1. The van der Waals surface area contributed by atoms with E-state index in [0.717, 1.165) is 42.3 Å². The molecule has 1 aromatic rings. The van der Waals surface area contributed by atoms with Gasteiger partial charge in [-0.05, 0) is 45.0 Å². The maximum absolute atomic E-state index is 10.6. The SMILES string of the molecule is C.CCCN(C)CC.CON1CCC(=C(Br)c2ccc(C=O)cc2)CC1. The second kappa shape index (κ2) is 14.1. The summed E-state index contributed by atoms with van der Waals surface area (Å²) >= 11 is 3.67. The molecule has 1 fully saturated rings. The van der Waals surface area contributed by atoms with E-state index in [4.69, 9.17) is 4.84 Å². The van der Waals surface area contributed by atoms with Crippen molar-refractivity contribution in [2.24, 2.45) is 0 Å². The molecule has 0 unspecified atom stereocenters. The van der Waals surface area contributed by atoms with Crippen LogP contribution in [-0.2, 0) is 4.84 Å². The molecular weight excluding hydrogens is 392 g/mol. The molecule has 0 spiro atoms. The molecule has 0 radical (unpaired) electrons. The number of benzene rings is 1. The van der Waals surface area contributed by atoms with Crippen LogP contribution in [0.4, 0.5) is 0 Å². The zero-order valence-corrected chi connectivity index (χ0v) is 17.5. The van der Waals surface area contributed by atoms with E-state index in [9.17, 15) is 4.79 Å². The fraction of sp³-hybridized carbons (Fsp3) is 0.571. The minimum absolute atomic E-state index is 0. The average molecular weight is 427 g/mol. The minimum Gasteiger partial charge on any atom is -0.307 e. The highest BCUT2D eigenvalue weighted by molar-refractivity contribution is 9.15. The molecular formula is C21H35BrN2O2. The normalized spacial score (nSPS) is 14.3. The largest absolute Gasteiger partial charge is 0.307 e. The van der Waals surface area contributed by atoms with Crippen LogP contribution < -0.4 is 0 Å². The number of hydrogen-bond acceptors (Lipinski definition) is 4. The van der Waals surface area contributed by atoms with E-state index in [0.29, 0.717) is 5.56 Å². The molecule has 1 saturated heterocycles. The Balaban J connectivity index is 0.000000673. The molecule has 1 aromatic carbocycles. The van der Waals surface area contributed by atoms with Crippen molar-refractivity contribution in [2.45, 2.75) is 40.5 Å². The van der Waals surface area contributed by atoms with Gasteiger partial charge in [0.1, 0.15) is 6.29 Å². The van der Waals surface area contributed by atoms with Gasteiger partial charge in [-0.2, -0.15) is 5.06 Å². The van der Waals surface area contributed by atoms with Gasteiger partial charge in [-0.1, -0.05) is 67.0 Å². The molecule has 5 heteroatoms. The van der Waals surface area contributed by atoms with Gasteiger partial charge in [-0.15, -0.1) is 0 Å². The van der Waals surface area contributed by atoms with Crippen LogP contribution in [-0.4, -0.2) is 56.6 Å². The monoisotopic (exact) mass is 426 g/mol. The lowest BCUT2D eigenvalue weighted by Crippen LogP contribution is -2.29. The fourth-order valence-corrected chi connectivity index (χ4v) is 3.27. The molecule has 0 aliphatic carbocycles. The molecule has 1 aliphatic heterocycles. The number of hydrogen-bond donors (Lipinski definition) is 0. The highest BCUT2D eigenvalue weighted by Gasteiger charge is 2.16. The van der Waals surface area contributed by atoms with Gasteiger partial charge in [0.2, 0.25) is 0 Å². The van der Waals surface area contributed by atoms with E-state index in [1.54, 1.807) is 7.11 Å². The van der Waals surface area contributed by atoms with Crippen LogP contribution in [0, 0.1) is 0 Å². The third kappa shape index (κ3) is 8.58. The summed E-state index contributed by atoms with van der Waals surface area (Å²) < 4.78 is 1.15. The zero-order chi connectivity index (χ0) is 18.7. The first-order chi connectivity index (χ1) is 12.0. The summed E-state index contributed by atoms with van der Waals surface area (Å²) in [7, 11) is 3.85. The summed E-state index contributed by atoms with van der Waals surface area (Å²) in [6.07, 6.45) is 4.14. The molecule has 26 heavy (non-hydrogen) atoms. The number of rotatable bonds is 6. The van der Waals surface area contributed by atoms with Crippen LogP contribution in [0.5, 0.6) is 0 Å². The number of carbonyl (C=O) groups is 1. The van der Waals surface area contributed by atoms with Crippen molar-refractivity contribution in [1.29, 1.82) is 0 Å². The van der Waals surface area contributed by atoms with Gasteiger partial charge >= 0.3 is 0 Å². The summed E-state index contributed by atoms with van der Waals surface area (Å²) in [6, 6.07) is 7.63. The summed E-state index contributed by atoms with van der Waals surface area (Å²) in [5.74, 6) is 0. The first-order valence-electron chi connectivity index (χ1n) is 8.96. The van der Waals surface area contributed by atoms with E-state index in [2.05, 4.69) is 41.7 Å². The lowest BCUT2D eigenvalue weighted by Gasteiger charge is -2.26. The van der Waals surface area contributed by atoms with Gasteiger partial charge in [0.05, 0.1) is 7.11 Å². The van der Waals surface area contributed by atoms with Crippen LogP contribution in [0.2, 0.25) is 0 Å². The molecule has 0 bridgehead atoms. The van der Waals surface area contributed by atoms with Crippen LogP contribution in [0.15, 0.2) is 29.8 Å². The maximum atomic E-state index is 10.6. The Kier molecular flexibility index (Phi) is 13.6. The van der Waals surface area contributed by atoms with E-state index in [-0.39, 0.29) is 7.43 Å². The van der Waals surface area contributed by atoms with Crippen molar-refractivity contribution in [2.75, 3.05) is 40.3 Å². The summed E-state index contributed by atoms with van der Waals surface area (Å²) in [6.45, 7) is 8.63. The van der Waals surface area contributed by atoms with Crippen molar-refractivity contribution >= 4 is 26.7 Å². The topological polar surface area (TPSA) is 32.8 Å². The molecule has 148 valence electrons. The van der Waals surface area contributed by atoms with E-state index >= 15 is 0 Å². The minimum atomic E-state index is 0. The number of hydroxylamine groups is 2. The Hall–Kier alpha value is -1.01. The van der Waals surface area contributed by atoms with Crippen molar-refractivity contribution in [3.05, 3.63) is 41.0 Å². The van der Waals surface area contributed by atoms with Crippen LogP contribution in [0.25, 0.3) is 4.48 Å². The summed E-state index contributed by atoms with van der Waals surface area (Å²) in [5, 5.41) is 1.97. The first-order valence-corrected chi connectivity index (χ1v) is 9.75. The molecule has 1 heterocycles. The lowest BCUT2D eigenvalue weighted by molar-refractivity contribution is -0.135. The van der Waals surface area contributed by atoms with Crippen molar-refractivity contribution in [3.63, 3.8) is 0 Å². The lowest BCUT2D eigenvalue weighted by atomic mass is 10.0. The van der Waals surface area contributed by atoms with Gasteiger partial charge in [0.15, 0.2) is 0 Å². The van der Waals surface area contributed by atoms with Gasteiger partial charge in [-0.25, -0.2) is 0 Å². The molecule has 0 N–H and O–H groups in total. The van der Waals surface area contributed by atoms with Crippen LogP contribution in [0.3, 0.4) is 0 Å². The molecule has 0 aromatic heterocycles. The highest BCUT2D eigenvalue weighted by Crippen LogP contribution is 2.31. The Morgan fingerprint density at radius 2 is 1.81 bits per heavy atom. The Morgan fingerprint density at radius 3 is 2.19 bits per heavy atom. The van der Waals surface area contributed by atoms with Crippen LogP contribution >= 0.6 is 15.9 Å². The van der Waals surface area contributed by atoms with Gasteiger partial charge in [0, 0.05) is 23.1 Å². The van der Waals surface area contributed by atoms with E-state index < -0.39 is 0 Å². The zero-order valence-electron chi connectivity index (χ0n) is 15.9. The molecule has 1 aliphatic rings. The number of aldehydes is 1. The predicted molar refractivity (Wildman–Crippen MR) is 116 cm³/mol. The smallest absolute Gasteiger partial charge is 0.150 e. The van der Waals surface area contributed by atoms with Crippen molar-refractivity contribution < 1.29 is 9.63 Å². The number of carbonyl (C=O) groups excluding carboxylic acids is 1. The third-order valence-electron chi connectivity index (χ3n) is 4.34. The second-order valence-corrected chi connectivity index (χ2v) is 6.96. The summed E-state index contributed by atoms with van der Waals surface area (Å²) in [5.41, 5.74) is 3.24. The van der Waals surface area contributed by atoms with E-state index in [1.165, 1.54) is 25.1 Å². The molecule has 4 nitrogen and oxygen atoms in total. The molecule has 0 atom stereocenters. The Labute approximate surface area is 168 Å². The first kappa shape index (κ1) is 25.0. The van der Waals surface area contributed by atoms with Crippen LogP contribution in [0.1, 0.15) is 56.5 Å². The Morgan fingerprint density at radius 1 is 1.23 bits per heavy atom. The van der Waals surface area contributed by atoms with Gasteiger partial charge in [-0.3, -0.25) is 4.79 Å². The Bertz CT molecular complexity index is 533. The van der Waals surface area contributed by atoms with Crippen molar-refractivity contribution in [3.8, 4) is 0 Å².